The Morgan fingerprint density at radius 3 is 2.54 bits per heavy atom. The maximum atomic E-state index is 12.4. The van der Waals surface area contributed by atoms with Crippen molar-refractivity contribution in [3.63, 3.8) is 0 Å². The number of halogens is 1. The van der Waals surface area contributed by atoms with E-state index in [-0.39, 0.29) is 29.9 Å². The Morgan fingerprint density at radius 2 is 1.96 bits per heavy atom. The van der Waals surface area contributed by atoms with Crippen LogP contribution in [-0.4, -0.2) is 34.8 Å². The smallest absolute Gasteiger partial charge is 0.244 e. The van der Waals surface area contributed by atoms with Crippen LogP contribution < -0.4 is 5.32 Å². The zero-order chi connectivity index (χ0) is 19.6. The molecule has 140 valence electrons. The highest BCUT2D eigenvalue weighted by Gasteiger charge is 2.31. The van der Waals surface area contributed by atoms with Crippen molar-refractivity contribution < 1.29 is 14.4 Å². The van der Waals surface area contributed by atoms with Gasteiger partial charge in [-0.3, -0.25) is 19.3 Å². The summed E-state index contributed by atoms with van der Waals surface area (Å²) < 4.78 is 0. The summed E-state index contributed by atoms with van der Waals surface area (Å²) in [6, 6.07) is 3.69. The van der Waals surface area contributed by atoms with Crippen molar-refractivity contribution in [3.8, 4) is 0 Å². The number of carbonyl (C=O) groups is 3. The van der Waals surface area contributed by atoms with Crippen LogP contribution in [0, 0.1) is 19.3 Å². The molecule has 0 bridgehead atoms. The van der Waals surface area contributed by atoms with Gasteiger partial charge in [-0.1, -0.05) is 50.2 Å². The minimum Gasteiger partial charge on any atom is -0.323 e. The molecule has 1 aliphatic rings. The number of thioether (sulfide) groups is 1. The van der Waals surface area contributed by atoms with E-state index < -0.39 is 5.41 Å². The lowest BCUT2D eigenvalue weighted by molar-refractivity contribution is -0.129. The van der Waals surface area contributed by atoms with Crippen molar-refractivity contribution in [1.29, 1.82) is 0 Å². The number of allylic oxidation sites excluding steroid dienone is 1. The number of hydrogen-bond donors (Lipinski definition) is 1. The molecule has 0 unspecified atom stereocenters. The number of nitrogens with one attached hydrogen (secondary N) is 1. The summed E-state index contributed by atoms with van der Waals surface area (Å²) in [5, 5.41) is 3.74. The number of hydrogen-bond acceptors (Lipinski definition) is 4. The molecule has 1 aromatic rings. The molecule has 1 heterocycles. The molecule has 0 atom stereocenters. The quantitative estimate of drug-likeness (QED) is 0.786. The van der Waals surface area contributed by atoms with Gasteiger partial charge in [0.1, 0.15) is 6.54 Å². The molecule has 0 aromatic heterocycles. The summed E-state index contributed by atoms with van der Waals surface area (Å²) in [6.45, 7) is 9.07. The molecule has 1 N–H and O–H groups in total. The van der Waals surface area contributed by atoms with E-state index in [1.54, 1.807) is 6.07 Å². The molecule has 0 saturated carbocycles. The van der Waals surface area contributed by atoms with Gasteiger partial charge in [0.15, 0.2) is 5.78 Å². The predicted octanol–water partition coefficient (Wildman–Crippen LogP) is 3.93. The summed E-state index contributed by atoms with van der Waals surface area (Å²) in [7, 11) is 0. The Labute approximate surface area is 163 Å². The molecule has 0 spiro atoms. The Kier molecular flexibility index (Phi) is 6.19. The molecule has 26 heavy (non-hydrogen) atoms. The molecule has 2 amide bonds. The summed E-state index contributed by atoms with van der Waals surface area (Å²) in [6.07, 6.45) is 1.45. The van der Waals surface area contributed by atoms with Crippen molar-refractivity contribution >= 4 is 46.6 Å². The van der Waals surface area contributed by atoms with Crippen LogP contribution in [0.4, 0.5) is 5.69 Å². The normalized spacial score (nSPS) is 16.3. The molecule has 1 fully saturated rings. The predicted molar refractivity (Wildman–Crippen MR) is 106 cm³/mol. The third-order valence-electron chi connectivity index (χ3n) is 3.90. The van der Waals surface area contributed by atoms with Gasteiger partial charge < -0.3 is 5.32 Å². The second kappa shape index (κ2) is 7.84. The first-order valence-electron chi connectivity index (χ1n) is 8.25. The second-order valence-corrected chi connectivity index (χ2v) is 8.76. The Hall–Kier alpha value is -1.79. The first-order chi connectivity index (χ1) is 12.0. The number of nitrogens with zero attached hydrogens (tertiary/aromatic N) is 1. The summed E-state index contributed by atoms with van der Waals surface area (Å²) >= 11 is 7.49. The molecule has 2 rings (SSSR count). The Morgan fingerprint density at radius 1 is 1.31 bits per heavy atom. The third-order valence-corrected chi connectivity index (χ3v) is 5.23. The van der Waals surface area contributed by atoms with Gasteiger partial charge in [-0.2, -0.15) is 0 Å². The van der Waals surface area contributed by atoms with E-state index in [0.29, 0.717) is 15.7 Å². The zero-order valence-corrected chi connectivity index (χ0v) is 17.2. The van der Waals surface area contributed by atoms with Crippen molar-refractivity contribution in [2.45, 2.75) is 34.6 Å². The molecule has 1 saturated heterocycles. The van der Waals surface area contributed by atoms with Crippen LogP contribution >= 0.6 is 23.4 Å². The van der Waals surface area contributed by atoms with Gasteiger partial charge in [0, 0.05) is 11.5 Å². The number of benzene rings is 1. The van der Waals surface area contributed by atoms with Gasteiger partial charge in [-0.15, -0.1) is 0 Å². The molecule has 1 aliphatic heterocycles. The average molecular weight is 395 g/mol. The lowest BCUT2D eigenvalue weighted by atomic mass is 9.91. The van der Waals surface area contributed by atoms with E-state index >= 15 is 0 Å². The van der Waals surface area contributed by atoms with Gasteiger partial charge >= 0.3 is 0 Å². The fraction of sp³-hybridized carbons (Fsp3) is 0.421. The largest absolute Gasteiger partial charge is 0.323 e. The van der Waals surface area contributed by atoms with E-state index in [1.165, 1.54) is 22.7 Å². The fourth-order valence-corrected chi connectivity index (χ4v) is 3.73. The van der Waals surface area contributed by atoms with Crippen LogP contribution in [0.1, 0.15) is 31.9 Å². The van der Waals surface area contributed by atoms with Crippen molar-refractivity contribution in [1.82, 2.24) is 4.90 Å². The minimum absolute atomic E-state index is 0.0856. The van der Waals surface area contributed by atoms with Crippen molar-refractivity contribution in [2.75, 3.05) is 17.6 Å². The van der Waals surface area contributed by atoms with Crippen LogP contribution in [0.25, 0.3) is 0 Å². The van der Waals surface area contributed by atoms with Crippen molar-refractivity contribution in [3.05, 3.63) is 39.4 Å². The second-order valence-electron chi connectivity index (χ2n) is 7.35. The van der Waals surface area contributed by atoms with Gasteiger partial charge in [0.25, 0.3) is 0 Å². The lowest BCUT2D eigenvalue weighted by Gasteiger charge is -2.19. The van der Waals surface area contributed by atoms with Crippen LogP contribution in [0.5, 0.6) is 0 Å². The molecule has 0 aliphatic carbocycles. The highest BCUT2D eigenvalue weighted by molar-refractivity contribution is 8.04. The average Bonchev–Trinajstić information content (AvgIpc) is 2.83. The molecule has 0 radical (unpaired) electrons. The monoisotopic (exact) mass is 394 g/mol. The maximum Gasteiger partial charge on any atom is 0.244 e. The number of amides is 2. The van der Waals surface area contributed by atoms with Gasteiger partial charge in [-0.25, -0.2) is 0 Å². The maximum absolute atomic E-state index is 12.4. The number of carbonyl (C=O) groups excluding carboxylic acids is 3. The van der Waals surface area contributed by atoms with E-state index in [0.717, 1.165) is 11.1 Å². The van der Waals surface area contributed by atoms with E-state index in [1.807, 2.05) is 40.7 Å². The topological polar surface area (TPSA) is 66.5 Å². The molecule has 7 heteroatoms. The zero-order valence-electron chi connectivity index (χ0n) is 15.6. The number of ketones is 1. The molecular formula is C19H23ClN2O3S. The summed E-state index contributed by atoms with van der Waals surface area (Å²) in [5.41, 5.74) is 1.85. The number of anilines is 1. The standard InChI is InChI=1S/C19H23ClN2O3S/c1-11-6-12(2)18(13(20)7-11)21-15(24)9-22-16(25)10-26-17(22)8-14(23)19(3,4)5/h6-8H,9-10H2,1-5H3,(H,21,24). The first-order valence-corrected chi connectivity index (χ1v) is 9.61. The first kappa shape index (κ1) is 20.5. The van der Waals surface area contributed by atoms with E-state index in [9.17, 15) is 14.4 Å². The number of rotatable bonds is 4. The molecular weight excluding hydrogens is 372 g/mol. The molecule has 5 nitrogen and oxygen atoms in total. The highest BCUT2D eigenvalue weighted by atomic mass is 35.5. The Bertz CT molecular complexity index is 773. The van der Waals surface area contributed by atoms with Gasteiger partial charge in [-0.05, 0) is 31.0 Å². The SMILES string of the molecule is Cc1cc(C)c(NC(=O)CN2C(=O)CSC2=CC(=O)C(C)(C)C)c(Cl)c1. The Balaban J connectivity index is 2.15. The third kappa shape index (κ3) is 4.89. The summed E-state index contributed by atoms with van der Waals surface area (Å²) in [4.78, 5) is 38.1. The highest BCUT2D eigenvalue weighted by Crippen LogP contribution is 2.31. The van der Waals surface area contributed by atoms with Crippen LogP contribution in [0.15, 0.2) is 23.2 Å². The van der Waals surface area contributed by atoms with Crippen LogP contribution in [0.3, 0.4) is 0 Å². The van der Waals surface area contributed by atoms with E-state index in [4.69, 9.17) is 11.6 Å². The fourth-order valence-electron chi connectivity index (χ4n) is 2.43. The van der Waals surface area contributed by atoms with Crippen LogP contribution in [-0.2, 0) is 14.4 Å². The number of aryl methyl sites for hydroxylation is 2. The van der Waals surface area contributed by atoms with Crippen molar-refractivity contribution in [2.24, 2.45) is 5.41 Å². The van der Waals surface area contributed by atoms with Gasteiger partial charge in [0.2, 0.25) is 11.8 Å². The van der Waals surface area contributed by atoms with Crippen LogP contribution in [0.2, 0.25) is 5.02 Å². The minimum atomic E-state index is -0.542. The molecule has 1 aromatic carbocycles. The van der Waals surface area contributed by atoms with Gasteiger partial charge in [0.05, 0.1) is 21.5 Å². The lowest BCUT2D eigenvalue weighted by Crippen LogP contribution is -2.34. The van der Waals surface area contributed by atoms with E-state index in [2.05, 4.69) is 5.32 Å². The summed E-state index contributed by atoms with van der Waals surface area (Å²) in [5.74, 6) is -0.410.